The van der Waals surface area contributed by atoms with Gasteiger partial charge in [0, 0.05) is 19.6 Å². The van der Waals surface area contributed by atoms with E-state index in [4.69, 9.17) is 15.3 Å². The Labute approximate surface area is 59.7 Å². The fourth-order valence-corrected chi connectivity index (χ4v) is 1.17. The van der Waals surface area contributed by atoms with E-state index in [2.05, 4.69) is 0 Å². The van der Waals surface area contributed by atoms with Crippen molar-refractivity contribution in [2.45, 2.75) is 12.2 Å². The molecule has 1 aliphatic heterocycles. The molecule has 1 aliphatic rings. The fraction of sp³-hybridized carbons (Fsp3) is 1.00. The molecule has 1 rings (SSSR count). The Bertz CT molecular complexity index is 99.2. The second-order valence-electron chi connectivity index (χ2n) is 2.62. The summed E-state index contributed by atoms with van der Waals surface area (Å²) >= 11 is 0. The summed E-state index contributed by atoms with van der Waals surface area (Å²) in [4.78, 5) is 1.83. The van der Waals surface area contributed by atoms with Gasteiger partial charge < -0.3 is 15.3 Å². The van der Waals surface area contributed by atoms with E-state index in [1.165, 1.54) is 0 Å². The number of hydrogen-bond acceptors (Lipinski definition) is 4. The lowest BCUT2D eigenvalue weighted by Crippen LogP contribution is -2.25. The van der Waals surface area contributed by atoms with E-state index >= 15 is 0 Å². The van der Waals surface area contributed by atoms with Crippen molar-refractivity contribution in [2.24, 2.45) is 0 Å². The van der Waals surface area contributed by atoms with Gasteiger partial charge in [0.15, 0.2) is 0 Å². The zero-order chi connectivity index (χ0) is 7.56. The molecule has 0 aromatic carbocycles. The summed E-state index contributed by atoms with van der Waals surface area (Å²) in [6, 6.07) is 0. The summed E-state index contributed by atoms with van der Waals surface area (Å²) in [5, 5.41) is 26.5. The van der Waals surface area contributed by atoms with E-state index < -0.39 is 12.2 Å². The molecule has 2 unspecified atom stereocenters. The van der Waals surface area contributed by atoms with Gasteiger partial charge >= 0.3 is 0 Å². The van der Waals surface area contributed by atoms with Crippen LogP contribution in [0.3, 0.4) is 0 Å². The van der Waals surface area contributed by atoms with Crippen molar-refractivity contribution >= 4 is 0 Å². The van der Waals surface area contributed by atoms with E-state index in [1.807, 2.05) is 4.90 Å². The largest absolute Gasteiger partial charge is 0.395 e. The first-order valence-corrected chi connectivity index (χ1v) is 3.43. The van der Waals surface area contributed by atoms with E-state index in [-0.39, 0.29) is 6.61 Å². The maximum absolute atomic E-state index is 9.02. The molecule has 1 saturated heterocycles. The highest BCUT2D eigenvalue weighted by molar-refractivity contribution is 4.82. The van der Waals surface area contributed by atoms with Gasteiger partial charge in [0.1, 0.15) is 0 Å². The normalized spacial score (nSPS) is 35.1. The van der Waals surface area contributed by atoms with Crippen LogP contribution in [-0.4, -0.2) is 58.7 Å². The topological polar surface area (TPSA) is 63.9 Å². The molecule has 0 spiro atoms. The highest BCUT2D eigenvalue weighted by atomic mass is 16.3. The molecule has 4 heteroatoms. The summed E-state index contributed by atoms with van der Waals surface area (Å²) in [7, 11) is 0. The molecule has 0 aromatic rings. The smallest absolute Gasteiger partial charge is 0.0938 e. The van der Waals surface area contributed by atoms with Crippen LogP contribution in [0.15, 0.2) is 0 Å². The van der Waals surface area contributed by atoms with Crippen LogP contribution in [0.4, 0.5) is 0 Å². The Morgan fingerprint density at radius 2 is 1.70 bits per heavy atom. The molecule has 0 aliphatic carbocycles. The van der Waals surface area contributed by atoms with Gasteiger partial charge in [-0.25, -0.2) is 0 Å². The zero-order valence-electron chi connectivity index (χ0n) is 5.77. The van der Waals surface area contributed by atoms with Crippen LogP contribution in [0, 0.1) is 0 Å². The molecule has 3 N–H and O–H groups in total. The van der Waals surface area contributed by atoms with Gasteiger partial charge in [-0.1, -0.05) is 0 Å². The van der Waals surface area contributed by atoms with Crippen LogP contribution in [0.2, 0.25) is 0 Å². The number of aliphatic hydroxyl groups excluding tert-OH is 3. The second kappa shape index (κ2) is 3.30. The van der Waals surface area contributed by atoms with Crippen molar-refractivity contribution in [3.63, 3.8) is 0 Å². The molecule has 60 valence electrons. The Morgan fingerprint density at radius 3 is 2.10 bits per heavy atom. The van der Waals surface area contributed by atoms with Gasteiger partial charge in [0.25, 0.3) is 0 Å². The minimum Gasteiger partial charge on any atom is -0.395 e. The van der Waals surface area contributed by atoms with Crippen molar-refractivity contribution in [1.29, 1.82) is 0 Å². The molecule has 0 aromatic heterocycles. The summed E-state index contributed by atoms with van der Waals surface area (Å²) < 4.78 is 0. The molecular weight excluding hydrogens is 134 g/mol. The van der Waals surface area contributed by atoms with E-state index in [9.17, 15) is 0 Å². The second-order valence-corrected chi connectivity index (χ2v) is 2.62. The number of nitrogens with zero attached hydrogens (tertiary/aromatic N) is 1. The molecule has 0 radical (unpaired) electrons. The Hall–Kier alpha value is -0.160. The molecule has 1 heterocycles. The SMILES string of the molecule is OCCN1CC(O)C(O)C1. The van der Waals surface area contributed by atoms with E-state index in [0.717, 1.165) is 0 Å². The third-order valence-corrected chi connectivity index (χ3v) is 1.75. The lowest BCUT2D eigenvalue weighted by Gasteiger charge is -2.11. The minimum atomic E-state index is -0.633. The average Bonchev–Trinajstić information content (AvgIpc) is 2.14. The Kier molecular flexibility index (Phi) is 2.62. The third-order valence-electron chi connectivity index (χ3n) is 1.75. The van der Waals surface area contributed by atoms with E-state index in [1.54, 1.807) is 0 Å². The molecule has 0 amide bonds. The highest BCUT2D eigenvalue weighted by Crippen LogP contribution is 2.08. The van der Waals surface area contributed by atoms with Crippen LogP contribution in [0.25, 0.3) is 0 Å². The molecule has 1 fully saturated rings. The monoisotopic (exact) mass is 147 g/mol. The Balaban J connectivity index is 2.27. The number of rotatable bonds is 2. The quantitative estimate of drug-likeness (QED) is 0.423. The number of likely N-dealkylation sites (tertiary alicyclic amines) is 1. The highest BCUT2D eigenvalue weighted by Gasteiger charge is 2.28. The van der Waals surface area contributed by atoms with Crippen molar-refractivity contribution in [2.75, 3.05) is 26.2 Å². The number of β-amino-alcohol motifs (C(OH)–C–C–N with tert-alkyl or cyclic N) is 3. The molecule has 2 atom stereocenters. The van der Waals surface area contributed by atoms with Crippen molar-refractivity contribution in [3.05, 3.63) is 0 Å². The zero-order valence-corrected chi connectivity index (χ0v) is 5.77. The number of hydrogen-bond donors (Lipinski definition) is 3. The predicted octanol–water partition coefficient (Wildman–Crippen LogP) is -1.98. The maximum Gasteiger partial charge on any atom is 0.0938 e. The number of aliphatic hydroxyl groups is 3. The standard InChI is InChI=1S/C6H13NO3/c8-2-1-7-3-5(9)6(10)4-7/h5-6,8-10H,1-4H2. The van der Waals surface area contributed by atoms with Crippen LogP contribution in [0.5, 0.6) is 0 Å². The first-order valence-electron chi connectivity index (χ1n) is 3.43. The van der Waals surface area contributed by atoms with Crippen LogP contribution < -0.4 is 0 Å². The summed E-state index contributed by atoms with van der Waals surface area (Å²) in [6.45, 7) is 1.57. The van der Waals surface area contributed by atoms with Crippen LogP contribution in [0.1, 0.15) is 0 Å². The summed E-state index contributed by atoms with van der Waals surface area (Å²) in [5.74, 6) is 0. The lowest BCUT2D eigenvalue weighted by molar-refractivity contribution is 0.0572. The molecule has 10 heavy (non-hydrogen) atoms. The van der Waals surface area contributed by atoms with Gasteiger partial charge in [-0.05, 0) is 0 Å². The van der Waals surface area contributed by atoms with Gasteiger partial charge in [-0.2, -0.15) is 0 Å². The van der Waals surface area contributed by atoms with E-state index in [0.29, 0.717) is 19.6 Å². The van der Waals surface area contributed by atoms with Crippen molar-refractivity contribution in [3.8, 4) is 0 Å². The first-order chi connectivity index (χ1) is 4.74. The molecule has 0 saturated carbocycles. The first kappa shape index (κ1) is 7.94. The Morgan fingerprint density at radius 1 is 1.20 bits per heavy atom. The van der Waals surface area contributed by atoms with Crippen molar-refractivity contribution < 1.29 is 15.3 Å². The minimum absolute atomic E-state index is 0.0828. The summed E-state index contributed by atoms with van der Waals surface area (Å²) in [6.07, 6.45) is -1.27. The van der Waals surface area contributed by atoms with Gasteiger partial charge in [-0.3, -0.25) is 4.90 Å². The van der Waals surface area contributed by atoms with Crippen LogP contribution >= 0.6 is 0 Å². The van der Waals surface area contributed by atoms with Crippen LogP contribution in [-0.2, 0) is 0 Å². The summed E-state index contributed by atoms with van der Waals surface area (Å²) in [5.41, 5.74) is 0. The van der Waals surface area contributed by atoms with Gasteiger partial charge in [0.2, 0.25) is 0 Å². The molecular formula is C6H13NO3. The lowest BCUT2D eigenvalue weighted by atomic mass is 10.3. The predicted molar refractivity (Wildman–Crippen MR) is 35.5 cm³/mol. The average molecular weight is 147 g/mol. The molecule has 0 bridgehead atoms. The molecule has 4 nitrogen and oxygen atoms in total. The van der Waals surface area contributed by atoms with Gasteiger partial charge in [-0.15, -0.1) is 0 Å². The van der Waals surface area contributed by atoms with Crippen molar-refractivity contribution in [1.82, 2.24) is 4.90 Å². The maximum atomic E-state index is 9.02. The fourth-order valence-electron chi connectivity index (χ4n) is 1.17. The van der Waals surface area contributed by atoms with Gasteiger partial charge in [0.05, 0.1) is 18.8 Å². The third kappa shape index (κ3) is 1.67.